The number of rotatable bonds is 19. The van der Waals surface area contributed by atoms with Crippen LogP contribution in [0.3, 0.4) is 0 Å². The van der Waals surface area contributed by atoms with Crippen molar-refractivity contribution in [2.24, 2.45) is 0 Å². The SMILES string of the molecule is CCSC(=O)CCCCCNC(=O)OCCOC.COCCOC(=O)NCCCCCC(=O)O.ClCCl. The number of alkyl halides is 2. The molecule has 0 rings (SSSR count). The number of carboxylic acid groups (broad SMARTS) is 1. The smallest absolute Gasteiger partial charge is 0.407 e. The summed E-state index contributed by atoms with van der Waals surface area (Å²) < 4.78 is 19.0. The fourth-order valence-electron chi connectivity index (χ4n) is 2.30. The molecule has 220 valence electrons. The number of carbonyl (C=O) groups excluding carboxylic acids is 3. The fraction of sp³-hybridized carbons (Fsp3) is 0.826. The van der Waals surface area contributed by atoms with Crippen molar-refractivity contribution >= 4 is 58.2 Å². The summed E-state index contributed by atoms with van der Waals surface area (Å²) in [5, 5.41) is 14.0. The number of alkyl carbamates (subject to hydrolysis) is 2. The van der Waals surface area contributed by atoms with Gasteiger partial charge in [0, 0.05) is 40.2 Å². The highest BCUT2D eigenvalue weighted by Gasteiger charge is 2.03. The summed E-state index contributed by atoms with van der Waals surface area (Å²) in [6, 6.07) is 0. The van der Waals surface area contributed by atoms with E-state index in [1.807, 2.05) is 6.92 Å². The van der Waals surface area contributed by atoms with Gasteiger partial charge in [0.2, 0.25) is 0 Å². The summed E-state index contributed by atoms with van der Waals surface area (Å²) in [5.74, 6) is 0.0557. The molecule has 0 fully saturated rings. The number of carboxylic acids is 1. The number of ether oxygens (including phenoxy) is 4. The normalized spacial score (nSPS) is 9.65. The Bertz CT molecular complexity index is 562. The maximum atomic E-state index is 11.2. The molecule has 0 aromatic rings. The van der Waals surface area contributed by atoms with Crippen LogP contribution in [0.25, 0.3) is 0 Å². The topological polar surface area (TPSA) is 149 Å². The largest absolute Gasteiger partial charge is 0.481 e. The summed E-state index contributed by atoms with van der Waals surface area (Å²) in [4.78, 5) is 43.5. The summed E-state index contributed by atoms with van der Waals surface area (Å²) in [7, 11) is 3.09. The molecule has 0 aliphatic heterocycles. The Morgan fingerprint density at radius 2 is 1.16 bits per heavy atom. The Labute approximate surface area is 235 Å². The number of aliphatic carboxylic acids is 1. The summed E-state index contributed by atoms with van der Waals surface area (Å²) >= 11 is 10.9. The lowest BCUT2D eigenvalue weighted by molar-refractivity contribution is -0.137. The number of halogens is 2. The van der Waals surface area contributed by atoms with Crippen molar-refractivity contribution in [3.05, 3.63) is 0 Å². The third kappa shape index (κ3) is 41.9. The molecular weight excluding hydrogens is 551 g/mol. The lowest BCUT2D eigenvalue weighted by atomic mass is 10.2. The molecule has 11 nitrogen and oxygen atoms in total. The van der Waals surface area contributed by atoms with E-state index in [1.54, 1.807) is 7.11 Å². The minimum Gasteiger partial charge on any atom is -0.481 e. The van der Waals surface area contributed by atoms with Gasteiger partial charge in [-0.1, -0.05) is 31.5 Å². The maximum Gasteiger partial charge on any atom is 0.407 e. The molecule has 0 aliphatic rings. The van der Waals surface area contributed by atoms with Gasteiger partial charge in [-0.2, -0.15) is 0 Å². The molecule has 0 atom stereocenters. The molecule has 0 aromatic heterocycles. The van der Waals surface area contributed by atoms with Crippen LogP contribution in [0, 0.1) is 0 Å². The number of hydrogen-bond donors (Lipinski definition) is 3. The van der Waals surface area contributed by atoms with E-state index in [0.29, 0.717) is 39.1 Å². The molecular formula is C23H44Cl2N2O9S. The van der Waals surface area contributed by atoms with Crippen LogP contribution >= 0.6 is 35.0 Å². The summed E-state index contributed by atoms with van der Waals surface area (Å²) in [5.41, 5.74) is 0. The summed E-state index contributed by atoms with van der Waals surface area (Å²) in [6.45, 7) is 4.36. The fourth-order valence-corrected chi connectivity index (χ4v) is 2.91. The van der Waals surface area contributed by atoms with Gasteiger partial charge in [0.05, 0.1) is 18.6 Å². The van der Waals surface area contributed by atoms with Crippen LogP contribution in [0.4, 0.5) is 9.59 Å². The Hall–Kier alpha value is -1.47. The van der Waals surface area contributed by atoms with E-state index >= 15 is 0 Å². The average molecular weight is 596 g/mol. The van der Waals surface area contributed by atoms with Crippen molar-refractivity contribution in [2.45, 2.75) is 58.3 Å². The molecule has 0 aromatic carbocycles. The van der Waals surface area contributed by atoms with Crippen molar-refractivity contribution in [3.63, 3.8) is 0 Å². The lowest BCUT2D eigenvalue weighted by Gasteiger charge is -2.06. The number of amides is 2. The molecule has 3 N–H and O–H groups in total. The minimum atomic E-state index is -0.785. The third-order valence-corrected chi connectivity index (χ3v) is 4.83. The second-order valence-electron chi connectivity index (χ2n) is 7.03. The van der Waals surface area contributed by atoms with E-state index < -0.39 is 18.2 Å². The molecule has 0 heterocycles. The molecule has 37 heavy (non-hydrogen) atoms. The van der Waals surface area contributed by atoms with E-state index in [4.69, 9.17) is 47.3 Å². The molecule has 0 radical (unpaired) electrons. The molecule has 2 amide bonds. The van der Waals surface area contributed by atoms with Crippen molar-refractivity contribution in [1.82, 2.24) is 10.6 Å². The van der Waals surface area contributed by atoms with Crippen LogP contribution in [-0.2, 0) is 28.5 Å². The van der Waals surface area contributed by atoms with Crippen LogP contribution in [0.2, 0.25) is 0 Å². The molecule has 0 saturated carbocycles. The second-order valence-corrected chi connectivity index (χ2v) is 9.16. The number of methoxy groups -OCH3 is 2. The van der Waals surface area contributed by atoms with E-state index in [1.165, 1.54) is 18.9 Å². The quantitative estimate of drug-likeness (QED) is 0.143. The van der Waals surface area contributed by atoms with Crippen LogP contribution in [0.5, 0.6) is 0 Å². The van der Waals surface area contributed by atoms with E-state index in [-0.39, 0.29) is 30.1 Å². The van der Waals surface area contributed by atoms with Crippen molar-refractivity contribution in [2.75, 3.05) is 64.8 Å². The molecule has 0 saturated heterocycles. The first-order valence-electron chi connectivity index (χ1n) is 12.1. The van der Waals surface area contributed by atoms with Crippen LogP contribution in [0.15, 0.2) is 0 Å². The molecule has 0 bridgehead atoms. The first-order chi connectivity index (χ1) is 17.8. The third-order valence-electron chi connectivity index (χ3n) is 4.01. The van der Waals surface area contributed by atoms with Crippen molar-refractivity contribution in [3.8, 4) is 0 Å². The Morgan fingerprint density at radius 3 is 1.54 bits per heavy atom. The zero-order valence-corrected chi connectivity index (χ0v) is 24.5. The standard InChI is InChI=1S/C12H23NO4S.C10H19NO5.CH2Cl2/c1-3-18-11(14)7-5-4-6-8-13-12(15)17-10-9-16-2;1-15-7-8-16-10(14)11-6-4-2-3-5-9(12)13;2-1-3/h3-10H2,1-2H3,(H,13,15);2-8H2,1H3,(H,11,14)(H,12,13);1H2. The Morgan fingerprint density at radius 1 is 0.730 bits per heavy atom. The minimum absolute atomic E-state index is 0.179. The highest BCUT2D eigenvalue weighted by molar-refractivity contribution is 8.13. The van der Waals surface area contributed by atoms with Gasteiger partial charge in [0.15, 0.2) is 5.12 Å². The first kappa shape index (κ1) is 40.0. The van der Waals surface area contributed by atoms with Gasteiger partial charge >= 0.3 is 18.2 Å². The Kier molecular flexibility index (Phi) is 37.4. The number of thioether (sulfide) groups is 1. The highest BCUT2D eigenvalue weighted by Crippen LogP contribution is 2.09. The Balaban J connectivity index is -0.000000567. The molecule has 0 spiro atoms. The van der Waals surface area contributed by atoms with Gasteiger partial charge in [-0.05, 0) is 31.4 Å². The van der Waals surface area contributed by atoms with Crippen LogP contribution in [0.1, 0.15) is 58.3 Å². The molecule has 0 unspecified atom stereocenters. The van der Waals surface area contributed by atoms with Crippen LogP contribution < -0.4 is 10.6 Å². The van der Waals surface area contributed by atoms with Gasteiger partial charge in [-0.15, -0.1) is 23.2 Å². The van der Waals surface area contributed by atoms with E-state index in [9.17, 15) is 19.2 Å². The summed E-state index contributed by atoms with van der Waals surface area (Å²) in [6.07, 6.45) is 4.78. The van der Waals surface area contributed by atoms with Gasteiger partial charge in [0.25, 0.3) is 0 Å². The van der Waals surface area contributed by atoms with Gasteiger partial charge < -0.3 is 34.7 Å². The first-order valence-corrected chi connectivity index (χ1v) is 14.1. The number of unbranched alkanes of at least 4 members (excludes halogenated alkanes) is 4. The van der Waals surface area contributed by atoms with E-state index in [0.717, 1.165) is 37.9 Å². The van der Waals surface area contributed by atoms with Crippen LogP contribution in [-0.4, -0.2) is 93.2 Å². The maximum absolute atomic E-state index is 11.2. The lowest BCUT2D eigenvalue weighted by Crippen LogP contribution is -2.26. The predicted octanol–water partition coefficient (Wildman–Crippen LogP) is 4.62. The van der Waals surface area contributed by atoms with E-state index in [2.05, 4.69) is 10.6 Å². The zero-order chi connectivity index (χ0) is 28.6. The molecule has 14 heteroatoms. The number of carbonyl (C=O) groups is 4. The van der Waals surface area contributed by atoms with Gasteiger partial charge in [0.1, 0.15) is 13.2 Å². The zero-order valence-electron chi connectivity index (χ0n) is 22.2. The average Bonchev–Trinajstić information content (AvgIpc) is 2.85. The van der Waals surface area contributed by atoms with Gasteiger partial charge in [-0.3, -0.25) is 9.59 Å². The number of nitrogens with one attached hydrogen (secondary N) is 2. The number of hydrogen-bond acceptors (Lipinski definition) is 9. The highest BCUT2D eigenvalue weighted by atomic mass is 35.5. The van der Waals surface area contributed by atoms with Crippen molar-refractivity contribution < 1.29 is 43.2 Å². The van der Waals surface area contributed by atoms with Crippen molar-refractivity contribution in [1.29, 1.82) is 0 Å². The predicted molar refractivity (Wildman–Crippen MR) is 147 cm³/mol. The second kappa shape index (κ2) is 34.5. The molecule has 0 aliphatic carbocycles. The monoisotopic (exact) mass is 594 g/mol. The van der Waals surface area contributed by atoms with Gasteiger partial charge in [-0.25, -0.2) is 9.59 Å².